The lowest BCUT2D eigenvalue weighted by molar-refractivity contribution is 0.0930. The van der Waals surface area contributed by atoms with E-state index < -0.39 is 0 Å². The normalized spacial score (nSPS) is 11.7. The maximum atomic E-state index is 12.9. The fraction of sp³-hybridized carbons (Fsp3) is 0.167. The number of ether oxygens (including phenoxy) is 2. The van der Waals surface area contributed by atoms with Crippen molar-refractivity contribution >= 4 is 28.3 Å². The molecule has 0 aliphatic rings. The van der Waals surface area contributed by atoms with E-state index in [4.69, 9.17) is 20.6 Å². The van der Waals surface area contributed by atoms with Crippen LogP contribution < -0.4 is 20.5 Å². The van der Waals surface area contributed by atoms with Gasteiger partial charge in [-0.05, 0) is 48.9 Å². The van der Waals surface area contributed by atoms with Gasteiger partial charge in [0.15, 0.2) is 5.82 Å². The summed E-state index contributed by atoms with van der Waals surface area (Å²) in [7, 11) is 3.15. The summed E-state index contributed by atoms with van der Waals surface area (Å²) in [4.78, 5) is 24.3. The molecule has 9 heteroatoms. The van der Waals surface area contributed by atoms with Gasteiger partial charge >= 0.3 is 0 Å². The van der Waals surface area contributed by atoms with Crippen molar-refractivity contribution in [3.63, 3.8) is 0 Å². The van der Waals surface area contributed by atoms with Gasteiger partial charge in [-0.25, -0.2) is 4.98 Å². The van der Waals surface area contributed by atoms with Gasteiger partial charge in [0, 0.05) is 35.3 Å². The molecule has 1 unspecified atom stereocenters. The molecule has 0 saturated heterocycles. The van der Waals surface area contributed by atoms with E-state index in [0.29, 0.717) is 39.3 Å². The number of aromatic amines is 1. The topological polar surface area (TPSA) is 139 Å². The Labute approximate surface area is 190 Å². The van der Waals surface area contributed by atoms with Crippen LogP contribution in [0.25, 0.3) is 11.0 Å². The van der Waals surface area contributed by atoms with Crippen LogP contribution in [-0.2, 0) is 0 Å². The Bertz CT molecular complexity index is 1310. The fourth-order valence-electron chi connectivity index (χ4n) is 3.50. The van der Waals surface area contributed by atoms with Crippen molar-refractivity contribution in [3.8, 4) is 11.5 Å². The quantitative estimate of drug-likeness (QED) is 0.254. The lowest BCUT2D eigenvalue weighted by Gasteiger charge is -2.15. The Morgan fingerprint density at radius 2 is 1.76 bits per heavy atom. The summed E-state index contributed by atoms with van der Waals surface area (Å²) >= 11 is 0. The Hall–Kier alpha value is -4.40. The minimum Gasteiger partial charge on any atom is -0.497 e. The van der Waals surface area contributed by atoms with Crippen LogP contribution in [0.15, 0.2) is 54.9 Å². The lowest BCUT2D eigenvalue weighted by Crippen LogP contribution is -2.27. The summed E-state index contributed by atoms with van der Waals surface area (Å²) in [6.45, 7) is 1.86. The van der Waals surface area contributed by atoms with Gasteiger partial charge in [-0.3, -0.25) is 15.2 Å². The molecule has 0 aliphatic carbocycles. The summed E-state index contributed by atoms with van der Waals surface area (Å²) in [5.74, 6) is 1.05. The summed E-state index contributed by atoms with van der Waals surface area (Å²) in [5.41, 5.74) is 10.1. The standard InChI is InChI=1S/C24H24N6O3/c1-13(15-8-16(32-2)10-17(9-15)33-3)28-24(31)23-29-20-11-18(19(25)12-21(20)30-23)22(26)14-4-6-27-7-5-14/h4-13,26H,25H2,1-3H3,(H,28,31)(H,29,30). The van der Waals surface area contributed by atoms with Crippen molar-refractivity contribution in [2.75, 3.05) is 20.0 Å². The highest BCUT2D eigenvalue weighted by Crippen LogP contribution is 2.27. The Morgan fingerprint density at radius 1 is 1.09 bits per heavy atom. The zero-order chi connectivity index (χ0) is 23.5. The monoisotopic (exact) mass is 444 g/mol. The molecule has 0 fully saturated rings. The van der Waals surface area contributed by atoms with E-state index in [0.717, 1.165) is 5.56 Å². The smallest absolute Gasteiger partial charge is 0.287 e. The van der Waals surface area contributed by atoms with Crippen molar-refractivity contribution in [3.05, 3.63) is 77.4 Å². The van der Waals surface area contributed by atoms with E-state index in [-0.39, 0.29) is 23.5 Å². The molecular formula is C24H24N6O3. The van der Waals surface area contributed by atoms with Gasteiger partial charge in [-0.2, -0.15) is 0 Å². The summed E-state index contributed by atoms with van der Waals surface area (Å²) in [6.07, 6.45) is 3.24. The summed E-state index contributed by atoms with van der Waals surface area (Å²) in [6, 6.07) is 12.0. The second kappa shape index (κ2) is 8.99. The Kier molecular flexibility index (Phi) is 5.95. The molecule has 4 aromatic rings. The lowest BCUT2D eigenvalue weighted by atomic mass is 10.0. The number of pyridine rings is 1. The van der Waals surface area contributed by atoms with Gasteiger partial charge < -0.3 is 25.5 Å². The SMILES string of the molecule is COc1cc(OC)cc(C(C)NC(=O)c2nc3cc(N)c(C(=N)c4ccncc4)cc3[nH]2)c1. The number of amides is 1. The zero-order valence-corrected chi connectivity index (χ0v) is 18.5. The number of fused-ring (bicyclic) bond motifs is 1. The van der Waals surface area contributed by atoms with Crippen LogP contribution in [0.5, 0.6) is 11.5 Å². The highest BCUT2D eigenvalue weighted by molar-refractivity contribution is 6.15. The number of rotatable bonds is 7. The molecule has 4 rings (SSSR count). The number of nitrogens with two attached hydrogens (primary N) is 1. The number of H-pyrrole nitrogens is 1. The number of nitrogen functional groups attached to an aromatic ring is 1. The first-order chi connectivity index (χ1) is 15.9. The summed E-state index contributed by atoms with van der Waals surface area (Å²) < 4.78 is 10.6. The Morgan fingerprint density at radius 3 is 2.39 bits per heavy atom. The van der Waals surface area contributed by atoms with Gasteiger partial charge in [0.1, 0.15) is 11.5 Å². The highest BCUT2D eigenvalue weighted by atomic mass is 16.5. The van der Waals surface area contributed by atoms with Crippen molar-refractivity contribution in [2.24, 2.45) is 0 Å². The molecule has 168 valence electrons. The van der Waals surface area contributed by atoms with Gasteiger partial charge in [-0.1, -0.05) is 0 Å². The molecule has 2 aromatic heterocycles. The van der Waals surface area contributed by atoms with E-state index in [2.05, 4.69) is 20.3 Å². The third-order valence-corrected chi connectivity index (χ3v) is 5.33. The molecule has 1 amide bonds. The number of carbonyl (C=O) groups is 1. The number of imidazole rings is 1. The van der Waals surface area contributed by atoms with Crippen LogP contribution in [0.1, 0.15) is 40.3 Å². The van der Waals surface area contributed by atoms with Crippen LogP contribution >= 0.6 is 0 Å². The second-order valence-electron chi connectivity index (χ2n) is 7.49. The number of hydrogen-bond acceptors (Lipinski definition) is 7. The second-order valence-corrected chi connectivity index (χ2v) is 7.49. The largest absolute Gasteiger partial charge is 0.497 e. The van der Waals surface area contributed by atoms with Gasteiger partial charge in [-0.15, -0.1) is 0 Å². The first-order valence-electron chi connectivity index (χ1n) is 10.2. The van der Waals surface area contributed by atoms with Gasteiger partial charge in [0.2, 0.25) is 0 Å². The van der Waals surface area contributed by atoms with Crippen molar-refractivity contribution in [2.45, 2.75) is 13.0 Å². The molecule has 0 saturated carbocycles. The number of aromatic nitrogens is 3. The van der Waals surface area contributed by atoms with E-state index in [9.17, 15) is 4.79 Å². The van der Waals surface area contributed by atoms with E-state index in [1.54, 1.807) is 56.9 Å². The molecule has 0 radical (unpaired) electrons. The minimum atomic E-state index is -0.371. The first kappa shape index (κ1) is 21.8. The number of nitrogens with one attached hydrogen (secondary N) is 3. The molecule has 5 N–H and O–H groups in total. The third-order valence-electron chi connectivity index (χ3n) is 5.33. The van der Waals surface area contributed by atoms with Crippen LogP contribution in [-0.4, -0.2) is 40.8 Å². The third kappa shape index (κ3) is 4.47. The zero-order valence-electron chi connectivity index (χ0n) is 18.5. The minimum absolute atomic E-state index is 0.152. The molecule has 33 heavy (non-hydrogen) atoms. The number of hydrogen-bond donors (Lipinski definition) is 4. The van der Waals surface area contributed by atoms with Crippen LogP contribution in [0.3, 0.4) is 0 Å². The van der Waals surface area contributed by atoms with Gasteiger partial charge in [0.25, 0.3) is 5.91 Å². The molecule has 0 bridgehead atoms. The van der Waals surface area contributed by atoms with Crippen LogP contribution in [0.4, 0.5) is 5.69 Å². The van der Waals surface area contributed by atoms with Crippen LogP contribution in [0, 0.1) is 5.41 Å². The number of methoxy groups -OCH3 is 2. The van der Waals surface area contributed by atoms with Crippen molar-refractivity contribution < 1.29 is 14.3 Å². The predicted molar refractivity (Wildman–Crippen MR) is 126 cm³/mol. The predicted octanol–water partition coefficient (Wildman–Crippen LogP) is 3.46. The highest BCUT2D eigenvalue weighted by Gasteiger charge is 2.18. The van der Waals surface area contributed by atoms with Gasteiger partial charge in [0.05, 0.1) is 37.0 Å². The Balaban J connectivity index is 1.59. The van der Waals surface area contributed by atoms with E-state index >= 15 is 0 Å². The van der Waals surface area contributed by atoms with Crippen LogP contribution in [0.2, 0.25) is 0 Å². The van der Waals surface area contributed by atoms with Crippen molar-refractivity contribution in [1.82, 2.24) is 20.3 Å². The van der Waals surface area contributed by atoms with Crippen molar-refractivity contribution in [1.29, 1.82) is 5.41 Å². The molecule has 9 nitrogen and oxygen atoms in total. The summed E-state index contributed by atoms with van der Waals surface area (Å²) in [5, 5.41) is 11.4. The number of anilines is 1. The molecule has 1 atom stereocenters. The first-order valence-corrected chi connectivity index (χ1v) is 10.2. The molecule has 2 heterocycles. The number of benzene rings is 2. The van der Waals surface area contributed by atoms with E-state index in [1.165, 1.54) is 0 Å². The maximum Gasteiger partial charge on any atom is 0.287 e. The molecular weight excluding hydrogens is 420 g/mol. The average Bonchev–Trinajstić information content (AvgIpc) is 3.26. The number of nitrogens with zero attached hydrogens (tertiary/aromatic N) is 2. The molecule has 2 aromatic carbocycles. The number of carbonyl (C=O) groups excluding carboxylic acids is 1. The fourth-order valence-corrected chi connectivity index (χ4v) is 3.50. The van der Waals surface area contributed by atoms with E-state index in [1.807, 2.05) is 19.1 Å². The average molecular weight is 444 g/mol. The maximum absolute atomic E-state index is 12.9. The molecule has 0 spiro atoms. The molecule has 0 aliphatic heterocycles.